The number of phenolic OH excluding ortho intramolecular Hbond substituents is 1. The Morgan fingerprint density at radius 1 is 1.30 bits per heavy atom. The molecule has 2 nitrogen and oxygen atoms in total. The molecule has 0 saturated carbocycles. The van der Waals surface area contributed by atoms with Crippen LogP contribution in [0.2, 0.25) is 0 Å². The van der Waals surface area contributed by atoms with E-state index in [9.17, 15) is 5.11 Å². The number of hydrogen-bond donors (Lipinski definition) is 2. The molecule has 0 bridgehead atoms. The Morgan fingerprint density at radius 2 is 2.15 bits per heavy atom. The molecule has 1 aliphatic carbocycles. The first-order valence-electron chi connectivity index (χ1n) is 7.25. The highest BCUT2D eigenvalue weighted by molar-refractivity contribution is 7.09. The lowest BCUT2D eigenvalue weighted by Crippen LogP contribution is -2.21. The predicted molar refractivity (Wildman–Crippen MR) is 84.6 cm³/mol. The number of aryl methyl sites for hydroxylation is 1. The summed E-state index contributed by atoms with van der Waals surface area (Å²) < 4.78 is 0. The van der Waals surface area contributed by atoms with Gasteiger partial charge in [-0.05, 0) is 54.3 Å². The lowest BCUT2D eigenvalue weighted by atomic mass is 9.97. The van der Waals surface area contributed by atoms with E-state index in [0.717, 1.165) is 24.9 Å². The van der Waals surface area contributed by atoms with Crippen molar-refractivity contribution in [3.05, 3.63) is 51.2 Å². The molecule has 1 aromatic carbocycles. The summed E-state index contributed by atoms with van der Waals surface area (Å²) >= 11 is 1.81. The number of aromatic hydroxyl groups is 1. The van der Waals surface area contributed by atoms with Crippen LogP contribution in [0.1, 0.15) is 46.9 Å². The molecule has 0 aliphatic heterocycles. The van der Waals surface area contributed by atoms with E-state index in [4.69, 9.17) is 0 Å². The second kappa shape index (κ2) is 5.58. The highest BCUT2D eigenvalue weighted by Gasteiger charge is 2.31. The van der Waals surface area contributed by atoms with E-state index < -0.39 is 0 Å². The number of phenols is 1. The number of rotatable bonds is 4. The molecule has 0 amide bonds. The summed E-state index contributed by atoms with van der Waals surface area (Å²) in [5.74, 6) is 0.972. The standard InChI is InChI=1S/C17H21NOS/c1-11-5-6-15(19)17-14(10-12(2)16(11)17)18-8-7-13-4-3-9-20-13/h3-6,9,12,14,18-19H,7-8,10H2,1-2H3. The molecule has 2 atom stereocenters. The maximum atomic E-state index is 10.2. The fraction of sp³-hybridized carbons (Fsp3) is 0.412. The van der Waals surface area contributed by atoms with Crippen LogP contribution in [0.15, 0.2) is 29.6 Å². The molecule has 2 unspecified atom stereocenters. The maximum Gasteiger partial charge on any atom is 0.120 e. The third kappa shape index (κ3) is 2.48. The largest absolute Gasteiger partial charge is 0.508 e. The minimum absolute atomic E-state index is 0.292. The van der Waals surface area contributed by atoms with E-state index in [0.29, 0.717) is 17.7 Å². The Kier molecular flexibility index (Phi) is 3.81. The van der Waals surface area contributed by atoms with Crippen molar-refractivity contribution >= 4 is 11.3 Å². The van der Waals surface area contributed by atoms with Gasteiger partial charge in [-0.25, -0.2) is 0 Å². The van der Waals surface area contributed by atoms with E-state index in [2.05, 4.69) is 36.7 Å². The monoisotopic (exact) mass is 287 g/mol. The fourth-order valence-electron chi connectivity index (χ4n) is 3.35. The van der Waals surface area contributed by atoms with Crippen molar-refractivity contribution in [2.45, 2.75) is 38.6 Å². The molecule has 2 N–H and O–H groups in total. The Morgan fingerprint density at radius 3 is 2.90 bits per heavy atom. The quantitative estimate of drug-likeness (QED) is 0.885. The van der Waals surface area contributed by atoms with Crippen LogP contribution in [0.4, 0.5) is 0 Å². The summed E-state index contributed by atoms with van der Waals surface area (Å²) in [5, 5.41) is 15.9. The second-order valence-corrected chi connectivity index (χ2v) is 6.73. The van der Waals surface area contributed by atoms with Gasteiger partial charge in [0.25, 0.3) is 0 Å². The summed E-state index contributed by atoms with van der Waals surface area (Å²) in [6.07, 6.45) is 2.14. The van der Waals surface area contributed by atoms with Crippen LogP contribution in [0.5, 0.6) is 5.75 Å². The van der Waals surface area contributed by atoms with Crippen LogP contribution < -0.4 is 5.32 Å². The first kappa shape index (κ1) is 13.7. The summed E-state index contributed by atoms with van der Waals surface area (Å²) in [6.45, 7) is 5.36. The minimum Gasteiger partial charge on any atom is -0.508 e. The van der Waals surface area contributed by atoms with Gasteiger partial charge in [0.1, 0.15) is 5.75 Å². The van der Waals surface area contributed by atoms with Crippen molar-refractivity contribution in [2.24, 2.45) is 0 Å². The molecule has 20 heavy (non-hydrogen) atoms. The molecule has 1 aliphatic rings. The van der Waals surface area contributed by atoms with Crippen molar-refractivity contribution in [3.63, 3.8) is 0 Å². The number of nitrogens with one attached hydrogen (secondary N) is 1. The Hall–Kier alpha value is -1.32. The van der Waals surface area contributed by atoms with E-state index in [1.165, 1.54) is 16.0 Å². The molecule has 0 fully saturated rings. The van der Waals surface area contributed by atoms with Crippen molar-refractivity contribution in [3.8, 4) is 5.75 Å². The van der Waals surface area contributed by atoms with Crippen LogP contribution >= 0.6 is 11.3 Å². The average Bonchev–Trinajstić information content (AvgIpc) is 3.03. The number of fused-ring (bicyclic) bond motifs is 1. The van der Waals surface area contributed by atoms with Crippen LogP contribution in [0.3, 0.4) is 0 Å². The molecule has 3 heteroatoms. The Labute approximate surface area is 124 Å². The highest BCUT2D eigenvalue weighted by atomic mass is 32.1. The number of hydrogen-bond acceptors (Lipinski definition) is 3. The summed E-state index contributed by atoms with van der Waals surface area (Å²) in [7, 11) is 0. The lowest BCUT2D eigenvalue weighted by molar-refractivity contribution is 0.446. The van der Waals surface area contributed by atoms with Crippen molar-refractivity contribution < 1.29 is 5.11 Å². The molecule has 0 radical (unpaired) electrons. The van der Waals surface area contributed by atoms with Crippen LogP contribution in [0, 0.1) is 6.92 Å². The fourth-order valence-corrected chi connectivity index (χ4v) is 4.06. The third-order valence-corrected chi connectivity index (χ3v) is 5.19. The zero-order valence-corrected chi connectivity index (χ0v) is 12.8. The van der Waals surface area contributed by atoms with Gasteiger partial charge in [0.05, 0.1) is 0 Å². The minimum atomic E-state index is 0.292. The van der Waals surface area contributed by atoms with Crippen LogP contribution in [0.25, 0.3) is 0 Å². The van der Waals surface area contributed by atoms with Gasteiger partial charge in [0, 0.05) is 23.0 Å². The normalized spacial score (nSPS) is 21.1. The second-order valence-electron chi connectivity index (χ2n) is 5.70. The summed E-state index contributed by atoms with van der Waals surface area (Å²) in [5.41, 5.74) is 3.77. The molecular weight excluding hydrogens is 266 g/mol. The molecular formula is C17H21NOS. The van der Waals surface area contributed by atoms with Crippen molar-refractivity contribution in [1.82, 2.24) is 5.32 Å². The summed E-state index contributed by atoms with van der Waals surface area (Å²) in [4.78, 5) is 1.41. The van der Waals surface area contributed by atoms with Gasteiger partial charge in [0.2, 0.25) is 0 Å². The molecule has 0 saturated heterocycles. The van der Waals surface area contributed by atoms with Gasteiger partial charge in [-0.15, -0.1) is 11.3 Å². The predicted octanol–water partition coefficient (Wildman–Crippen LogP) is 4.14. The summed E-state index contributed by atoms with van der Waals surface area (Å²) in [6, 6.07) is 8.43. The number of benzene rings is 1. The Balaban J connectivity index is 1.73. The highest BCUT2D eigenvalue weighted by Crippen LogP contribution is 2.45. The van der Waals surface area contributed by atoms with Gasteiger partial charge in [-0.2, -0.15) is 0 Å². The SMILES string of the molecule is Cc1ccc(O)c2c1C(C)CC2NCCc1cccs1. The van der Waals surface area contributed by atoms with E-state index in [1.807, 2.05) is 23.5 Å². The smallest absolute Gasteiger partial charge is 0.120 e. The van der Waals surface area contributed by atoms with E-state index >= 15 is 0 Å². The molecule has 1 heterocycles. The maximum absolute atomic E-state index is 10.2. The molecule has 3 rings (SSSR count). The zero-order chi connectivity index (χ0) is 14.1. The Bertz CT molecular complexity index is 591. The first-order chi connectivity index (χ1) is 9.66. The van der Waals surface area contributed by atoms with E-state index in [-0.39, 0.29) is 0 Å². The van der Waals surface area contributed by atoms with Crippen molar-refractivity contribution in [1.29, 1.82) is 0 Å². The third-order valence-electron chi connectivity index (χ3n) is 4.25. The van der Waals surface area contributed by atoms with Gasteiger partial charge in [-0.1, -0.05) is 19.1 Å². The van der Waals surface area contributed by atoms with Gasteiger partial charge in [0.15, 0.2) is 0 Å². The van der Waals surface area contributed by atoms with Crippen molar-refractivity contribution in [2.75, 3.05) is 6.54 Å². The average molecular weight is 287 g/mol. The van der Waals surface area contributed by atoms with Gasteiger partial charge >= 0.3 is 0 Å². The number of thiophene rings is 1. The van der Waals surface area contributed by atoms with Gasteiger partial charge in [-0.3, -0.25) is 0 Å². The lowest BCUT2D eigenvalue weighted by Gasteiger charge is -2.15. The van der Waals surface area contributed by atoms with E-state index in [1.54, 1.807) is 0 Å². The van der Waals surface area contributed by atoms with Crippen LogP contribution in [-0.2, 0) is 6.42 Å². The first-order valence-corrected chi connectivity index (χ1v) is 8.13. The molecule has 1 aromatic heterocycles. The van der Waals surface area contributed by atoms with Crippen LogP contribution in [-0.4, -0.2) is 11.7 Å². The van der Waals surface area contributed by atoms with Gasteiger partial charge < -0.3 is 10.4 Å². The molecule has 0 spiro atoms. The molecule has 106 valence electrons. The molecule has 2 aromatic rings. The zero-order valence-electron chi connectivity index (χ0n) is 12.0. The topological polar surface area (TPSA) is 32.3 Å².